The molecule has 7 nitrogen and oxygen atoms in total. The van der Waals surface area contributed by atoms with Gasteiger partial charge in [0, 0.05) is 18.1 Å². The SMILES string of the molecule is CCOC(=O)[C@H]1O[C@@H]1C(=O)N[C@H]1CSCc2ccccc2C(C)CNC1=O. The molecule has 0 aromatic heterocycles. The molecule has 1 unspecified atom stereocenters. The van der Waals surface area contributed by atoms with Gasteiger partial charge in [0.2, 0.25) is 5.91 Å². The zero-order chi connectivity index (χ0) is 19.4. The molecule has 146 valence electrons. The molecular weight excluding hydrogens is 368 g/mol. The minimum atomic E-state index is -0.878. The van der Waals surface area contributed by atoms with Crippen LogP contribution in [-0.4, -0.2) is 54.9 Å². The molecule has 2 aliphatic rings. The summed E-state index contributed by atoms with van der Waals surface area (Å²) in [6, 6.07) is 7.53. The van der Waals surface area contributed by atoms with Crippen LogP contribution in [0, 0.1) is 0 Å². The van der Waals surface area contributed by atoms with Gasteiger partial charge in [-0.15, -0.1) is 0 Å². The number of rotatable bonds is 4. The number of nitrogens with one attached hydrogen (secondary N) is 2. The lowest BCUT2D eigenvalue weighted by Gasteiger charge is -2.23. The summed E-state index contributed by atoms with van der Waals surface area (Å²) < 4.78 is 9.95. The van der Waals surface area contributed by atoms with Crippen molar-refractivity contribution in [3.8, 4) is 0 Å². The van der Waals surface area contributed by atoms with E-state index in [-0.39, 0.29) is 18.4 Å². The maximum atomic E-state index is 12.5. The zero-order valence-electron chi connectivity index (χ0n) is 15.4. The molecule has 0 aliphatic carbocycles. The summed E-state index contributed by atoms with van der Waals surface area (Å²) in [4.78, 5) is 36.4. The Morgan fingerprint density at radius 1 is 1.33 bits per heavy atom. The molecule has 1 fully saturated rings. The molecule has 0 radical (unpaired) electrons. The van der Waals surface area contributed by atoms with Crippen LogP contribution in [0.1, 0.15) is 30.9 Å². The van der Waals surface area contributed by atoms with E-state index in [0.717, 1.165) is 5.75 Å². The zero-order valence-corrected chi connectivity index (χ0v) is 16.2. The fourth-order valence-corrected chi connectivity index (χ4v) is 4.14. The van der Waals surface area contributed by atoms with Crippen molar-refractivity contribution in [3.63, 3.8) is 0 Å². The van der Waals surface area contributed by atoms with Crippen molar-refractivity contribution in [1.82, 2.24) is 10.6 Å². The molecule has 1 aromatic carbocycles. The van der Waals surface area contributed by atoms with Crippen LogP contribution in [0.15, 0.2) is 24.3 Å². The van der Waals surface area contributed by atoms with Crippen molar-refractivity contribution in [2.45, 2.75) is 43.8 Å². The molecular formula is C19H24N2O5S. The molecule has 2 N–H and O–H groups in total. The highest BCUT2D eigenvalue weighted by molar-refractivity contribution is 7.98. The third kappa shape index (κ3) is 4.81. The molecule has 4 atom stereocenters. The molecule has 2 aliphatic heterocycles. The van der Waals surface area contributed by atoms with E-state index in [1.165, 1.54) is 11.1 Å². The summed E-state index contributed by atoms with van der Waals surface area (Å²) in [7, 11) is 0. The van der Waals surface area contributed by atoms with E-state index in [1.54, 1.807) is 18.7 Å². The summed E-state index contributed by atoms with van der Waals surface area (Å²) in [5, 5.41) is 5.62. The Morgan fingerprint density at radius 2 is 2.11 bits per heavy atom. The van der Waals surface area contributed by atoms with Gasteiger partial charge in [-0.3, -0.25) is 9.59 Å². The minimum absolute atomic E-state index is 0.181. The van der Waals surface area contributed by atoms with E-state index < -0.39 is 30.1 Å². The highest BCUT2D eigenvalue weighted by atomic mass is 32.2. The second-order valence-corrected chi connectivity index (χ2v) is 7.68. The highest BCUT2D eigenvalue weighted by Gasteiger charge is 2.52. The van der Waals surface area contributed by atoms with Crippen LogP contribution in [-0.2, 0) is 29.6 Å². The Kier molecular flexibility index (Phi) is 6.38. The lowest BCUT2D eigenvalue weighted by atomic mass is 9.96. The van der Waals surface area contributed by atoms with Gasteiger partial charge in [0.05, 0.1) is 6.61 Å². The molecule has 0 spiro atoms. The molecule has 3 rings (SSSR count). The van der Waals surface area contributed by atoms with Crippen LogP contribution in [0.4, 0.5) is 0 Å². The number of esters is 1. The standard InChI is InChI=1S/C19H24N2O5S/c1-3-25-19(24)16-15(26-16)18(23)21-14-10-27-9-12-6-4-5-7-13(12)11(2)8-20-17(14)22/h4-7,11,14-16H,3,8-10H2,1-2H3,(H,20,22)(H,21,23)/t11?,14-,15-,16-/m0/s1. The lowest BCUT2D eigenvalue weighted by Crippen LogP contribution is -2.50. The summed E-state index contributed by atoms with van der Waals surface area (Å²) in [6.07, 6.45) is -1.75. The highest BCUT2D eigenvalue weighted by Crippen LogP contribution is 2.26. The Labute approximate surface area is 162 Å². The predicted molar refractivity (Wildman–Crippen MR) is 101 cm³/mol. The first-order valence-electron chi connectivity index (χ1n) is 9.07. The average Bonchev–Trinajstić information content (AvgIpc) is 3.46. The molecule has 27 heavy (non-hydrogen) atoms. The smallest absolute Gasteiger partial charge is 0.338 e. The lowest BCUT2D eigenvalue weighted by molar-refractivity contribution is -0.144. The molecule has 2 amide bonds. The van der Waals surface area contributed by atoms with Crippen LogP contribution in [0.3, 0.4) is 0 Å². The minimum Gasteiger partial charge on any atom is -0.464 e. The van der Waals surface area contributed by atoms with Gasteiger partial charge in [-0.2, -0.15) is 11.8 Å². The third-order valence-electron chi connectivity index (χ3n) is 4.61. The molecule has 0 saturated carbocycles. The number of amides is 2. The van der Waals surface area contributed by atoms with Crippen LogP contribution in [0.2, 0.25) is 0 Å². The Bertz CT molecular complexity index is 726. The van der Waals surface area contributed by atoms with Gasteiger partial charge in [0.15, 0.2) is 12.2 Å². The number of carbonyl (C=O) groups excluding carboxylic acids is 3. The van der Waals surface area contributed by atoms with Gasteiger partial charge in [-0.25, -0.2) is 4.79 Å². The van der Waals surface area contributed by atoms with Crippen molar-refractivity contribution in [1.29, 1.82) is 0 Å². The molecule has 2 heterocycles. The maximum Gasteiger partial charge on any atom is 0.338 e. The Morgan fingerprint density at radius 3 is 2.89 bits per heavy atom. The van der Waals surface area contributed by atoms with Gasteiger partial charge in [-0.05, 0) is 24.0 Å². The van der Waals surface area contributed by atoms with Crippen LogP contribution in [0.25, 0.3) is 0 Å². The Hall–Kier alpha value is -2.06. The quantitative estimate of drug-likeness (QED) is 0.585. The number of epoxide rings is 1. The first kappa shape index (κ1) is 19.7. The predicted octanol–water partition coefficient (Wildman–Crippen LogP) is 0.968. The van der Waals surface area contributed by atoms with Gasteiger partial charge in [-0.1, -0.05) is 31.2 Å². The van der Waals surface area contributed by atoms with Gasteiger partial charge >= 0.3 is 5.97 Å². The molecule has 1 saturated heterocycles. The van der Waals surface area contributed by atoms with E-state index >= 15 is 0 Å². The summed E-state index contributed by atoms with van der Waals surface area (Å²) >= 11 is 1.59. The number of hydrogen-bond acceptors (Lipinski definition) is 6. The fraction of sp³-hybridized carbons (Fsp3) is 0.526. The number of fused-ring (bicyclic) bond motifs is 1. The van der Waals surface area contributed by atoms with Crippen molar-refractivity contribution >= 4 is 29.5 Å². The van der Waals surface area contributed by atoms with Crippen LogP contribution < -0.4 is 10.6 Å². The van der Waals surface area contributed by atoms with E-state index in [1.807, 2.05) is 12.1 Å². The normalized spacial score (nSPS) is 27.7. The van der Waals surface area contributed by atoms with E-state index in [4.69, 9.17) is 9.47 Å². The number of ether oxygens (including phenoxy) is 2. The second-order valence-electron chi connectivity index (χ2n) is 6.65. The summed E-state index contributed by atoms with van der Waals surface area (Å²) in [5.74, 6) is 0.158. The Balaban J connectivity index is 1.61. The fourth-order valence-electron chi connectivity index (χ4n) is 3.07. The largest absolute Gasteiger partial charge is 0.464 e. The molecule has 0 bridgehead atoms. The first-order chi connectivity index (χ1) is 13.0. The third-order valence-corrected chi connectivity index (χ3v) is 5.70. The van der Waals surface area contributed by atoms with Gasteiger partial charge in [0.1, 0.15) is 6.04 Å². The van der Waals surface area contributed by atoms with Gasteiger partial charge in [0.25, 0.3) is 5.91 Å². The maximum absolute atomic E-state index is 12.5. The number of carbonyl (C=O) groups is 3. The second kappa shape index (κ2) is 8.75. The number of benzene rings is 1. The summed E-state index contributed by atoms with van der Waals surface area (Å²) in [6.45, 7) is 4.49. The molecule has 1 aromatic rings. The van der Waals surface area contributed by atoms with E-state index in [0.29, 0.717) is 12.3 Å². The number of thioether (sulfide) groups is 1. The van der Waals surface area contributed by atoms with Gasteiger partial charge < -0.3 is 20.1 Å². The molecule has 8 heteroatoms. The topological polar surface area (TPSA) is 97.0 Å². The van der Waals surface area contributed by atoms with E-state index in [9.17, 15) is 14.4 Å². The van der Waals surface area contributed by atoms with Crippen LogP contribution >= 0.6 is 11.8 Å². The number of hydrogen-bond donors (Lipinski definition) is 2. The van der Waals surface area contributed by atoms with Crippen LogP contribution in [0.5, 0.6) is 0 Å². The average molecular weight is 392 g/mol. The first-order valence-corrected chi connectivity index (χ1v) is 10.2. The van der Waals surface area contributed by atoms with Crippen molar-refractivity contribution in [2.24, 2.45) is 0 Å². The van der Waals surface area contributed by atoms with Crippen molar-refractivity contribution in [2.75, 3.05) is 18.9 Å². The monoisotopic (exact) mass is 392 g/mol. The summed E-state index contributed by atoms with van der Waals surface area (Å²) in [5.41, 5.74) is 2.47. The van der Waals surface area contributed by atoms with Crippen molar-refractivity contribution in [3.05, 3.63) is 35.4 Å². The van der Waals surface area contributed by atoms with E-state index in [2.05, 4.69) is 29.7 Å². The van der Waals surface area contributed by atoms with Crippen molar-refractivity contribution < 1.29 is 23.9 Å².